The van der Waals surface area contributed by atoms with Crippen molar-refractivity contribution < 1.29 is 33.7 Å². The van der Waals surface area contributed by atoms with Crippen molar-refractivity contribution in [3.8, 4) is 11.5 Å². The fraction of sp³-hybridized carbons (Fsp3) is 0.364. The average Bonchev–Trinajstić information content (AvgIpc) is 3.67. The van der Waals surface area contributed by atoms with Gasteiger partial charge in [-0.2, -0.15) is 0 Å². The quantitative estimate of drug-likeness (QED) is 0.331. The van der Waals surface area contributed by atoms with Crippen LogP contribution in [-0.4, -0.2) is 65.8 Å². The number of carbonyl (C=O) groups excluding carboxylic acids is 3. The number of aliphatic hydroxyl groups is 1. The van der Waals surface area contributed by atoms with Gasteiger partial charge in [-0.1, -0.05) is 30.3 Å². The minimum absolute atomic E-state index is 0.342. The topological polar surface area (TPSA) is 126 Å². The molecule has 0 radical (unpaired) electrons. The summed E-state index contributed by atoms with van der Waals surface area (Å²) in [6.45, 7) is 2.02. The van der Waals surface area contributed by atoms with Crippen molar-refractivity contribution in [2.75, 3.05) is 31.0 Å². The van der Waals surface area contributed by atoms with E-state index in [2.05, 4.69) is 10.6 Å². The van der Waals surface area contributed by atoms with E-state index in [1.165, 1.54) is 4.90 Å². The second-order valence-corrected chi connectivity index (χ2v) is 11.1. The maximum Gasteiger partial charge on any atom is 0.250 e. The van der Waals surface area contributed by atoms with Crippen LogP contribution in [0.25, 0.3) is 0 Å². The third kappa shape index (κ3) is 5.00. The molecule has 3 fully saturated rings. The normalized spacial score (nSPS) is 26.1. The zero-order valence-electron chi connectivity index (χ0n) is 24.1. The van der Waals surface area contributed by atoms with Crippen LogP contribution in [0, 0.1) is 11.8 Å². The molecule has 3 heterocycles. The fourth-order valence-electron chi connectivity index (χ4n) is 6.97. The van der Waals surface area contributed by atoms with Crippen molar-refractivity contribution in [3.05, 3.63) is 84.4 Å². The van der Waals surface area contributed by atoms with Crippen molar-refractivity contribution in [1.29, 1.82) is 0 Å². The Kier molecular flexibility index (Phi) is 7.81. The Morgan fingerprint density at radius 3 is 2.21 bits per heavy atom. The van der Waals surface area contributed by atoms with E-state index in [0.29, 0.717) is 47.9 Å². The molecule has 6 rings (SSSR count). The van der Waals surface area contributed by atoms with Crippen LogP contribution in [0.4, 0.5) is 11.4 Å². The van der Waals surface area contributed by atoms with Crippen LogP contribution < -0.4 is 20.1 Å². The molecule has 0 aromatic heterocycles. The van der Waals surface area contributed by atoms with Gasteiger partial charge in [0, 0.05) is 11.4 Å². The smallest absolute Gasteiger partial charge is 0.250 e. The largest absolute Gasteiger partial charge is 0.497 e. The van der Waals surface area contributed by atoms with Crippen molar-refractivity contribution >= 4 is 29.1 Å². The van der Waals surface area contributed by atoms with Crippen LogP contribution in [0.2, 0.25) is 0 Å². The number of nitrogens with one attached hydrogen (secondary N) is 2. The van der Waals surface area contributed by atoms with Crippen LogP contribution in [-0.2, 0) is 19.1 Å². The summed E-state index contributed by atoms with van der Waals surface area (Å²) < 4.78 is 17.3. The van der Waals surface area contributed by atoms with Crippen molar-refractivity contribution in [2.45, 2.75) is 43.6 Å². The van der Waals surface area contributed by atoms with Crippen LogP contribution in [0.1, 0.15) is 31.4 Å². The number of anilines is 2. The first-order valence-electron chi connectivity index (χ1n) is 14.5. The monoisotopic (exact) mass is 585 g/mol. The fourth-order valence-corrected chi connectivity index (χ4v) is 6.97. The third-order valence-corrected chi connectivity index (χ3v) is 8.77. The minimum Gasteiger partial charge on any atom is -0.497 e. The van der Waals surface area contributed by atoms with E-state index >= 15 is 0 Å². The number of amides is 3. The van der Waals surface area contributed by atoms with Crippen LogP contribution in [0.15, 0.2) is 78.9 Å². The van der Waals surface area contributed by atoms with Crippen molar-refractivity contribution in [1.82, 2.24) is 4.90 Å². The molecule has 0 saturated carbocycles. The van der Waals surface area contributed by atoms with Gasteiger partial charge in [-0.25, -0.2) is 0 Å². The van der Waals surface area contributed by atoms with Gasteiger partial charge in [-0.3, -0.25) is 14.4 Å². The van der Waals surface area contributed by atoms with Gasteiger partial charge in [0.15, 0.2) is 0 Å². The van der Waals surface area contributed by atoms with Gasteiger partial charge in [-0.15, -0.1) is 0 Å². The molecule has 224 valence electrons. The molecule has 3 aliphatic rings. The summed E-state index contributed by atoms with van der Waals surface area (Å²) in [5, 5.41) is 16.5. The molecular formula is C33H35N3O7. The number of hydrogen-bond acceptors (Lipinski definition) is 7. The zero-order valence-corrected chi connectivity index (χ0v) is 24.1. The van der Waals surface area contributed by atoms with E-state index in [1.54, 1.807) is 55.6 Å². The number of rotatable bonds is 10. The third-order valence-electron chi connectivity index (χ3n) is 8.77. The molecule has 10 heteroatoms. The van der Waals surface area contributed by atoms with E-state index in [4.69, 9.17) is 14.2 Å². The molecule has 3 amide bonds. The molecule has 2 unspecified atom stereocenters. The number of methoxy groups -OCH3 is 1. The van der Waals surface area contributed by atoms with Gasteiger partial charge >= 0.3 is 0 Å². The highest BCUT2D eigenvalue weighted by Gasteiger charge is 2.75. The molecule has 2 bridgehead atoms. The van der Waals surface area contributed by atoms with Crippen molar-refractivity contribution in [3.63, 3.8) is 0 Å². The lowest BCUT2D eigenvalue weighted by Crippen LogP contribution is -2.54. The number of nitrogens with zero attached hydrogens (tertiary/aromatic N) is 1. The first-order chi connectivity index (χ1) is 20.9. The number of carbonyl (C=O) groups is 3. The molecule has 43 heavy (non-hydrogen) atoms. The summed E-state index contributed by atoms with van der Waals surface area (Å²) in [6.07, 6.45) is 0.449. The summed E-state index contributed by atoms with van der Waals surface area (Å²) in [4.78, 5) is 43.8. The number of hydrogen-bond donors (Lipinski definition) is 3. The van der Waals surface area contributed by atoms with Crippen LogP contribution >= 0.6 is 0 Å². The lowest BCUT2D eigenvalue weighted by molar-refractivity contribution is -0.143. The first-order valence-corrected chi connectivity index (χ1v) is 14.5. The molecule has 3 aromatic rings. The molecule has 3 aliphatic heterocycles. The van der Waals surface area contributed by atoms with Gasteiger partial charge < -0.3 is 34.9 Å². The Labute approximate surface area is 249 Å². The molecule has 3 aromatic carbocycles. The van der Waals surface area contributed by atoms with Crippen LogP contribution in [0.5, 0.6) is 11.5 Å². The van der Waals surface area contributed by atoms with E-state index in [0.717, 1.165) is 0 Å². The summed E-state index contributed by atoms with van der Waals surface area (Å²) in [6, 6.07) is 21.2. The zero-order chi connectivity index (χ0) is 30.1. The highest BCUT2D eigenvalue weighted by Crippen LogP contribution is 2.60. The number of ether oxygens (including phenoxy) is 3. The van der Waals surface area contributed by atoms with E-state index in [1.807, 2.05) is 37.3 Å². The van der Waals surface area contributed by atoms with Gasteiger partial charge in [0.05, 0.1) is 44.3 Å². The number of benzene rings is 3. The summed E-state index contributed by atoms with van der Waals surface area (Å²) in [7, 11) is 1.56. The average molecular weight is 586 g/mol. The molecule has 1 spiro atoms. The maximum atomic E-state index is 14.4. The van der Waals surface area contributed by atoms with E-state index in [9.17, 15) is 19.5 Å². The maximum absolute atomic E-state index is 14.4. The summed E-state index contributed by atoms with van der Waals surface area (Å²) >= 11 is 0. The number of likely N-dealkylation sites (tertiary alicyclic amines) is 1. The predicted molar refractivity (Wildman–Crippen MR) is 159 cm³/mol. The lowest BCUT2D eigenvalue weighted by Gasteiger charge is -2.36. The standard InChI is InChI=1S/C33H35N3O7/c1-3-42-24-15-11-21(12-16-24)34-30(38)27-26-17-18-33(43-26)28(27)32(40)36(25(19-37)20-7-5-4-6-8-20)29(33)31(39)35-22-9-13-23(41-2)14-10-22/h4-16,25-29,37H,3,17-19H2,1-2H3,(H,34,38)(H,35,39)/t25-,26+,27-,28+,29?,33?/m1/s1. The first kappa shape index (κ1) is 28.7. The molecule has 3 saturated heterocycles. The van der Waals surface area contributed by atoms with Gasteiger partial charge in [-0.05, 0) is 73.9 Å². The highest BCUT2D eigenvalue weighted by atomic mass is 16.5. The predicted octanol–water partition coefficient (Wildman–Crippen LogP) is 3.78. The minimum atomic E-state index is -1.22. The number of fused-ring (bicyclic) bond motifs is 1. The Balaban J connectivity index is 1.34. The number of aliphatic hydroxyl groups excluding tert-OH is 1. The SMILES string of the molecule is CCOc1ccc(NC(=O)[C@@H]2[C@@H]3CCC4(O3)C(C(=O)Nc3ccc(OC)cc3)N([C@H](CO)c3ccccc3)C(=O)[C@H]24)cc1. The highest BCUT2D eigenvalue weighted by molar-refractivity contribution is 6.05. The molecular weight excluding hydrogens is 550 g/mol. The van der Waals surface area contributed by atoms with Crippen LogP contribution in [0.3, 0.4) is 0 Å². The van der Waals surface area contributed by atoms with Crippen molar-refractivity contribution in [2.24, 2.45) is 11.8 Å². The Morgan fingerprint density at radius 2 is 1.60 bits per heavy atom. The molecule has 3 N–H and O–H groups in total. The second-order valence-electron chi connectivity index (χ2n) is 11.1. The summed E-state index contributed by atoms with van der Waals surface area (Å²) in [5.74, 6) is -1.53. The Morgan fingerprint density at radius 1 is 0.977 bits per heavy atom. The molecule has 0 aliphatic carbocycles. The molecule has 6 atom stereocenters. The van der Waals surface area contributed by atoms with Gasteiger partial charge in [0.25, 0.3) is 0 Å². The molecule has 10 nitrogen and oxygen atoms in total. The second kappa shape index (κ2) is 11.7. The summed E-state index contributed by atoms with van der Waals surface area (Å²) in [5.41, 5.74) is 0.554. The Hall–Kier alpha value is -4.41. The van der Waals surface area contributed by atoms with E-state index < -0.39 is 48.1 Å². The van der Waals surface area contributed by atoms with E-state index in [-0.39, 0.29) is 11.8 Å². The lowest BCUT2D eigenvalue weighted by atomic mass is 9.70. The van der Waals surface area contributed by atoms with Gasteiger partial charge in [0.2, 0.25) is 17.7 Å². The Bertz CT molecular complexity index is 1480. The van der Waals surface area contributed by atoms with Gasteiger partial charge in [0.1, 0.15) is 23.1 Å².